The van der Waals surface area contributed by atoms with Gasteiger partial charge in [0.15, 0.2) is 0 Å². The van der Waals surface area contributed by atoms with Crippen molar-refractivity contribution >= 4 is 23.2 Å². The van der Waals surface area contributed by atoms with Crippen molar-refractivity contribution in [3.05, 3.63) is 52.0 Å². The molecular weight excluding hydrogens is 285 g/mol. The highest BCUT2D eigenvalue weighted by atomic mass is 35.5. The number of aryl methyl sites for hydroxylation is 1. The van der Waals surface area contributed by atoms with Crippen molar-refractivity contribution in [3.63, 3.8) is 0 Å². The first-order valence-electron chi connectivity index (χ1n) is 5.87. The second kappa shape index (κ2) is 6.39. The van der Waals surface area contributed by atoms with E-state index in [-0.39, 0.29) is 0 Å². The van der Waals surface area contributed by atoms with Crippen LogP contribution in [0.15, 0.2) is 30.7 Å². The van der Waals surface area contributed by atoms with Crippen LogP contribution in [0.25, 0.3) is 0 Å². The van der Waals surface area contributed by atoms with Crippen LogP contribution >= 0.6 is 23.2 Å². The molecule has 0 radical (unpaired) electrons. The molecule has 0 fully saturated rings. The SMILES string of the molecule is Cn1cnc(CNCC(O)c2ccc(Cl)cc2Cl)c1. The molecule has 0 spiro atoms. The normalized spacial score (nSPS) is 12.6. The maximum atomic E-state index is 10.1. The predicted octanol–water partition coefficient (Wildman–Crippen LogP) is 2.55. The number of nitrogens with one attached hydrogen (secondary N) is 1. The van der Waals surface area contributed by atoms with Crippen molar-refractivity contribution in [2.75, 3.05) is 6.54 Å². The zero-order valence-corrected chi connectivity index (χ0v) is 12.0. The molecule has 1 aromatic heterocycles. The highest BCUT2D eigenvalue weighted by molar-refractivity contribution is 6.35. The van der Waals surface area contributed by atoms with Crippen molar-refractivity contribution in [1.29, 1.82) is 0 Å². The summed E-state index contributed by atoms with van der Waals surface area (Å²) in [4.78, 5) is 4.19. The molecule has 19 heavy (non-hydrogen) atoms. The monoisotopic (exact) mass is 299 g/mol. The van der Waals surface area contributed by atoms with E-state index in [2.05, 4.69) is 10.3 Å². The molecule has 0 aliphatic carbocycles. The number of hydrogen-bond acceptors (Lipinski definition) is 3. The number of benzene rings is 1. The Hall–Kier alpha value is -1.07. The largest absolute Gasteiger partial charge is 0.387 e. The second-order valence-corrected chi connectivity index (χ2v) is 5.19. The molecule has 102 valence electrons. The van der Waals surface area contributed by atoms with Crippen LogP contribution in [0.4, 0.5) is 0 Å². The number of nitrogens with zero attached hydrogens (tertiary/aromatic N) is 2. The molecule has 1 unspecified atom stereocenters. The minimum atomic E-state index is -0.673. The zero-order chi connectivity index (χ0) is 13.8. The highest BCUT2D eigenvalue weighted by Crippen LogP contribution is 2.25. The minimum Gasteiger partial charge on any atom is -0.387 e. The number of imidazole rings is 1. The first-order chi connectivity index (χ1) is 9.06. The highest BCUT2D eigenvalue weighted by Gasteiger charge is 2.11. The van der Waals surface area contributed by atoms with Crippen molar-refractivity contribution in [2.45, 2.75) is 12.6 Å². The van der Waals surface area contributed by atoms with Crippen LogP contribution in [0.3, 0.4) is 0 Å². The van der Waals surface area contributed by atoms with Crippen molar-refractivity contribution < 1.29 is 5.11 Å². The molecule has 0 bridgehead atoms. The van der Waals surface area contributed by atoms with E-state index in [4.69, 9.17) is 23.2 Å². The lowest BCUT2D eigenvalue weighted by Gasteiger charge is -2.13. The summed E-state index contributed by atoms with van der Waals surface area (Å²) < 4.78 is 1.88. The van der Waals surface area contributed by atoms with E-state index < -0.39 is 6.10 Å². The van der Waals surface area contributed by atoms with E-state index in [1.165, 1.54) is 0 Å². The van der Waals surface area contributed by atoms with Gasteiger partial charge in [-0.05, 0) is 12.1 Å². The van der Waals surface area contributed by atoms with E-state index in [1.54, 1.807) is 24.5 Å². The van der Waals surface area contributed by atoms with Gasteiger partial charge in [-0.2, -0.15) is 0 Å². The van der Waals surface area contributed by atoms with Crippen molar-refractivity contribution in [3.8, 4) is 0 Å². The fourth-order valence-electron chi connectivity index (χ4n) is 1.78. The van der Waals surface area contributed by atoms with Crippen LogP contribution in [-0.4, -0.2) is 21.2 Å². The van der Waals surface area contributed by atoms with E-state index in [0.717, 1.165) is 5.69 Å². The van der Waals surface area contributed by atoms with Crippen LogP contribution in [0.5, 0.6) is 0 Å². The van der Waals surface area contributed by atoms with Gasteiger partial charge in [0, 0.05) is 41.9 Å². The van der Waals surface area contributed by atoms with Crippen molar-refractivity contribution in [2.24, 2.45) is 7.05 Å². The quantitative estimate of drug-likeness (QED) is 0.892. The van der Waals surface area contributed by atoms with Gasteiger partial charge < -0.3 is 15.0 Å². The van der Waals surface area contributed by atoms with Gasteiger partial charge in [-0.1, -0.05) is 29.3 Å². The van der Waals surface area contributed by atoms with E-state index >= 15 is 0 Å². The lowest BCUT2D eigenvalue weighted by molar-refractivity contribution is 0.174. The average Bonchev–Trinajstić information content (AvgIpc) is 2.75. The molecule has 1 atom stereocenters. The van der Waals surface area contributed by atoms with E-state index in [9.17, 15) is 5.11 Å². The fraction of sp³-hybridized carbons (Fsp3) is 0.308. The van der Waals surface area contributed by atoms with Gasteiger partial charge in [-0.3, -0.25) is 0 Å². The van der Waals surface area contributed by atoms with Crippen LogP contribution in [0.2, 0.25) is 10.0 Å². The molecule has 2 N–H and O–H groups in total. The topological polar surface area (TPSA) is 50.1 Å². The molecule has 1 aromatic carbocycles. The number of halogens is 2. The Bertz CT molecular complexity index is 557. The maximum absolute atomic E-state index is 10.1. The van der Waals surface area contributed by atoms with Gasteiger partial charge in [-0.25, -0.2) is 4.98 Å². The van der Waals surface area contributed by atoms with Crippen LogP contribution in [0.1, 0.15) is 17.4 Å². The standard InChI is InChI=1S/C13H15Cl2N3O/c1-18-7-10(17-8-18)5-16-6-13(19)11-3-2-9(14)4-12(11)15/h2-4,7-8,13,16,19H,5-6H2,1H3. The molecule has 0 saturated heterocycles. The minimum absolute atomic E-state index is 0.401. The van der Waals surface area contributed by atoms with Gasteiger partial charge in [0.2, 0.25) is 0 Å². The molecule has 0 saturated carbocycles. The summed E-state index contributed by atoms with van der Waals surface area (Å²) in [6.45, 7) is 1.00. The zero-order valence-electron chi connectivity index (χ0n) is 10.5. The number of aliphatic hydroxyl groups is 1. The van der Waals surface area contributed by atoms with Gasteiger partial charge in [-0.15, -0.1) is 0 Å². The summed E-state index contributed by atoms with van der Waals surface area (Å²) in [7, 11) is 1.92. The third-order valence-electron chi connectivity index (χ3n) is 2.72. The Morgan fingerprint density at radius 3 is 2.84 bits per heavy atom. The van der Waals surface area contributed by atoms with Gasteiger partial charge in [0.25, 0.3) is 0 Å². The Balaban J connectivity index is 1.88. The van der Waals surface area contributed by atoms with Crippen LogP contribution < -0.4 is 5.32 Å². The molecule has 2 rings (SSSR count). The number of hydrogen-bond donors (Lipinski definition) is 2. The summed E-state index contributed by atoms with van der Waals surface area (Å²) >= 11 is 11.9. The number of aliphatic hydroxyl groups excluding tert-OH is 1. The smallest absolute Gasteiger partial charge is 0.0947 e. The molecule has 0 aliphatic heterocycles. The summed E-state index contributed by atoms with van der Waals surface area (Å²) in [6, 6.07) is 5.07. The Kier molecular flexibility index (Phi) is 4.82. The van der Waals surface area contributed by atoms with Crippen molar-refractivity contribution in [1.82, 2.24) is 14.9 Å². The summed E-state index contributed by atoms with van der Waals surface area (Å²) in [5, 5.41) is 14.2. The molecule has 2 aromatic rings. The van der Waals surface area contributed by atoms with Gasteiger partial charge in [0.1, 0.15) is 0 Å². The first kappa shape index (κ1) is 14.3. The summed E-state index contributed by atoms with van der Waals surface area (Å²) in [6.07, 6.45) is 2.99. The number of aromatic nitrogens is 2. The summed E-state index contributed by atoms with van der Waals surface area (Å²) in [5.41, 5.74) is 1.59. The maximum Gasteiger partial charge on any atom is 0.0947 e. The van der Waals surface area contributed by atoms with E-state index in [1.807, 2.05) is 17.8 Å². The molecule has 4 nitrogen and oxygen atoms in total. The van der Waals surface area contributed by atoms with E-state index in [0.29, 0.717) is 28.7 Å². The lowest BCUT2D eigenvalue weighted by atomic mass is 10.1. The number of rotatable bonds is 5. The lowest BCUT2D eigenvalue weighted by Crippen LogP contribution is -2.21. The van der Waals surface area contributed by atoms with Crippen LogP contribution in [0, 0.1) is 0 Å². The Morgan fingerprint density at radius 1 is 1.42 bits per heavy atom. The Labute approximate surface area is 122 Å². The Morgan fingerprint density at radius 2 is 2.21 bits per heavy atom. The third kappa shape index (κ3) is 3.94. The molecule has 0 amide bonds. The first-order valence-corrected chi connectivity index (χ1v) is 6.62. The molecular formula is C13H15Cl2N3O. The fourth-order valence-corrected chi connectivity index (χ4v) is 2.31. The molecule has 1 heterocycles. The summed E-state index contributed by atoms with van der Waals surface area (Å²) in [5.74, 6) is 0. The second-order valence-electron chi connectivity index (χ2n) is 4.34. The molecule has 0 aliphatic rings. The third-order valence-corrected chi connectivity index (χ3v) is 3.29. The predicted molar refractivity (Wildman–Crippen MR) is 76.3 cm³/mol. The van der Waals surface area contributed by atoms with Crippen LogP contribution in [-0.2, 0) is 13.6 Å². The van der Waals surface area contributed by atoms with Gasteiger partial charge >= 0.3 is 0 Å². The average molecular weight is 300 g/mol. The molecule has 6 heteroatoms. The van der Waals surface area contributed by atoms with Gasteiger partial charge in [0.05, 0.1) is 18.1 Å².